The number of hydrogen-bond acceptors (Lipinski definition) is 4. The van der Waals surface area contributed by atoms with Crippen molar-refractivity contribution in [2.45, 2.75) is 0 Å². The van der Waals surface area contributed by atoms with Crippen LogP contribution in [-0.2, 0) is 7.05 Å². The maximum atomic E-state index is 10.6. The van der Waals surface area contributed by atoms with Crippen LogP contribution in [0.1, 0.15) is 0 Å². The van der Waals surface area contributed by atoms with Crippen molar-refractivity contribution in [2.24, 2.45) is 7.05 Å². The molecule has 1 aromatic carbocycles. The smallest absolute Gasteiger partial charge is 0.270 e. The molecule has 0 radical (unpaired) electrons. The fourth-order valence-corrected chi connectivity index (χ4v) is 1.30. The molecule has 0 amide bonds. The van der Waals surface area contributed by atoms with E-state index in [2.05, 4.69) is 10.2 Å². The molecule has 1 aromatic heterocycles. The maximum absolute atomic E-state index is 10.6. The molecule has 0 N–H and O–H groups in total. The van der Waals surface area contributed by atoms with E-state index in [4.69, 9.17) is 0 Å². The van der Waals surface area contributed by atoms with Crippen LogP contribution in [0.5, 0.6) is 0 Å². The fraction of sp³-hybridized carbons (Fsp3) is 0.111. The minimum atomic E-state index is -0.431. The van der Waals surface area contributed by atoms with Crippen molar-refractivity contribution < 1.29 is 4.92 Å². The molecule has 0 fully saturated rings. The Kier molecular flexibility index (Phi) is 2.17. The molecule has 15 heavy (non-hydrogen) atoms. The molecule has 2 rings (SSSR count). The van der Waals surface area contributed by atoms with Crippen molar-refractivity contribution in [1.82, 2.24) is 14.8 Å². The van der Waals surface area contributed by atoms with Crippen LogP contribution < -0.4 is 0 Å². The minimum absolute atomic E-state index is 0.0514. The van der Waals surface area contributed by atoms with Gasteiger partial charge in [-0.15, -0.1) is 10.2 Å². The summed E-state index contributed by atoms with van der Waals surface area (Å²) in [6.45, 7) is 0. The number of aromatic nitrogens is 3. The van der Waals surface area contributed by atoms with E-state index in [1.807, 2.05) is 0 Å². The Hall–Kier alpha value is -2.24. The number of nitrogens with zero attached hydrogens (tertiary/aromatic N) is 4. The van der Waals surface area contributed by atoms with Gasteiger partial charge in [-0.2, -0.15) is 0 Å². The van der Waals surface area contributed by atoms with E-state index in [0.717, 1.165) is 0 Å². The van der Waals surface area contributed by atoms with Crippen LogP contribution in [0.4, 0.5) is 5.69 Å². The van der Waals surface area contributed by atoms with Crippen molar-refractivity contribution in [2.75, 3.05) is 0 Å². The van der Waals surface area contributed by atoms with Crippen LogP contribution in [-0.4, -0.2) is 19.7 Å². The highest BCUT2D eigenvalue weighted by Gasteiger charge is 2.09. The summed E-state index contributed by atoms with van der Waals surface area (Å²) in [5, 5.41) is 18.2. The van der Waals surface area contributed by atoms with E-state index in [0.29, 0.717) is 11.4 Å². The lowest BCUT2D eigenvalue weighted by molar-refractivity contribution is -0.384. The lowest BCUT2D eigenvalue weighted by Gasteiger charge is -1.99. The van der Waals surface area contributed by atoms with Gasteiger partial charge in [-0.25, -0.2) is 0 Å². The average Bonchev–Trinajstić information content (AvgIpc) is 2.64. The highest BCUT2D eigenvalue weighted by molar-refractivity contribution is 5.58. The summed E-state index contributed by atoms with van der Waals surface area (Å²) in [4.78, 5) is 10.1. The topological polar surface area (TPSA) is 73.8 Å². The standard InChI is InChI=1S/C9H8N4O2/c1-12-6-10-11-9(12)7-3-2-4-8(5-7)13(14)15/h2-6H,1H3. The second-order valence-electron chi connectivity index (χ2n) is 3.07. The zero-order chi connectivity index (χ0) is 10.8. The molecule has 0 bridgehead atoms. The van der Waals surface area contributed by atoms with Crippen molar-refractivity contribution in [3.8, 4) is 11.4 Å². The largest absolute Gasteiger partial charge is 0.317 e. The van der Waals surface area contributed by atoms with Gasteiger partial charge in [0.2, 0.25) is 0 Å². The maximum Gasteiger partial charge on any atom is 0.270 e. The molecule has 0 aliphatic carbocycles. The third-order valence-electron chi connectivity index (χ3n) is 2.03. The zero-order valence-electron chi connectivity index (χ0n) is 7.99. The van der Waals surface area contributed by atoms with Crippen LogP contribution in [0.25, 0.3) is 11.4 Å². The summed E-state index contributed by atoms with van der Waals surface area (Å²) in [5.74, 6) is 0.610. The van der Waals surface area contributed by atoms with Gasteiger partial charge in [-0.05, 0) is 0 Å². The predicted molar refractivity (Wildman–Crippen MR) is 53.1 cm³/mol. The molecular formula is C9H8N4O2. The number of benzene rings is 1. The second kappa shape index (κ2) is 3.49. The van der Waals surface area contributed by atoms with E-state index in [1.165, 1.54) is 12.1 Å². The highest BCUT2D eigenvalue weighted by atomic mass is 16.6. The quantitative estimate of drug-likeness (QED) is 0.547. The van der Waals surface area contributed by atoms with Crippen LogP contribution in [0.15, 0.2) is 30.6 Å². The second-order valence-corrected chi connectivity index (χ2v) is 3.07. The van der Waals surface area contributed by atoms with E-state index >= 15 is 0 Å². The van der Waals surface area contributed by atoms with Crippen molar-refractivity contribution in [1.29, 1.82) is 0 Å². The lowest BCUT2D eigenvalue weighted by Crippen LogP contribution is -1.93. The first-order valence-electron chi connectivity index (χ1n) is 4.27. The Balaban J connectivity index is 2.50. The summed E-state index contributed by atoms with van der Waals surface area (Å²) in [7, 11) is 1.79. The van der Waals surface area contributed by atoms with Crippen LogP contribution in [0.2, 0.25) is 0 Å². The van der Waals surface area contributed by atoms with E-state index in [1.54, 1.807) is 30.1 Å². The first-order chi connectivity index (χ1) is 7.18. The van der Waals surface area contributed by atoms with Gasteiger partial charge in [0.15, 0.2) is 5.82 Å². The van der Waals surface area contributed by atoms with Gasteiger partial charge in [0.05, 0.1) is 4.92 Å². The summed E-state index contributed by atoms with van der Waals surface area (Å²) in [5.41, 5.74) is 0.736. The number of aryl methyl sites for hydroxylation is 1. The Morgan fingerprint density at radius 3 is 2.87 bits per heavy atom. The Morgan fingerprint density at radius 1 is 1.47 bits per heavy atom. The number of nitro benzene ring substituents is 1. The van der Waals surface area contributed by atoms with Gasteiger partial charge in [0.25, 0.3) is 5.69 Å². The normalized spacial score (nSPS) is 10.2. The Morgan fingerprint density at radius 2 is 2.27 bits per heavy atom. The first-order valence-corrected chi connectivity index (χ1v) is 4.27. The third kappa shape index (κ3) is 1.69. The molecule has 0 saturated carbocycles. The van der Waals surface area contributed by atoms with Gasteiger partial charge in [0.1, 0.15) is 6.33 Å². The van der Waals surface area contributed by atoms with E-state index in [-0.39, 0.29) is 5.69 Å². The Labute approximate surface area is 85.3 Å². The lowest BCUT2D eigenvalue weighted by atomic mass is 10.2. The van der Waals surface area contributed by atoms with Crippen molar-refractivity contribution >= 4 is 5.69 Å². The minimum Gasteiger partial charge on any atom is -0.317 e. The van der Waals surface area contributed by atoms with Gasteiger partial charge in [0, 0.05) is 24.7 Å². The van der Waals surface area contributed by atoms with Crippen LogP contribution in [0, 0.1) is 10.1 Å². The molecule has 0 saturated heterocycles. The summed E-state index contributed by atoms with van der Waals surface area (Å²) in [6, 6.07) is 6.31. The van der Waals surface area contributed by atoms with Crippen LogP contribution in [0.3, 0.4) is 0 Å². The van der Waals surface area contributed by atoms with Crippen molar-refractivity contribution in [3.63, 3.8) is 0 Å². The molecule has 0 aliphatic rings. The van der Waals surface area contributed by atoms with E-state index in [9.17, 15) is 10.1 Å². The first kappa shape index (κ1) is 9.32. The molecule has 76 valence electrons. The molecule has 0 atom stereocenters. The molecule has 0 spiro atoms. The monoisotopic (exact) mass is 204 g/mol. The molecular weight excluding hydrogens is 196 g/mol. The third-order valence-corrected chi connectivity index (χ3v) is 2.03. The summed E-state index contributed by atoms with van der Waals surface area (Å²) in [6.07, 6.45) is 1.55. The molecule has 6 nitrogen and oxygen atoms in total. The number of nitro groups is 1. The molecule has 0 unspecified atom stereocenters. The van der Waals surface area contributed by atoms with Gasteiger partial charge < -0.3 is 4.57 Å². The van der Waals surface area contributed by atoms with Crippen LogP contribution >= 0.6 is 0 Å². The summed E-state index contributed by atoms with van der Waals surface area (Å²) < 4.78 is 1.71. The fourth-order valence-electron chi connectivity index (χ4n) is 1.30. The molecule has 1 heterocycles. The number of non-ortho nitro benzene ring substituents is 1. The van der Waals surface area contributed by atoms with Gasteiger partial charge in [-0.1, -0.05) is 12.1 Å². The van der Waals surface area contributed by atoms with Gasteiger partial charge in [-0.3, -0.25) is 10.1 Å². The SMILES string of the molecule is Cn1cnnc1-c1cccc([N+](=O)[O-])c1. The molecule has 2 aromatic rings. The number of rotatable bonds is 2. The Bertz CT molecular complexity index is 506. The van der Waals surface area contributed by atoms with Gasteiger partial charge >= 0.3 is 0 Å². The number of hydrogen-bond donors (Lipinski definition) is 0. The zero-order valence-corrected chi connectivity index (χ0v) is 7.99. The molecule has 0 aliphatic heterocycles. The average molecular weight is 204 g/mol. The highest BCUT2D eigenvalue weighted by Crippen LogP contribution is 2.20. The molecule has 6 heteroatoms. The van der Waals surface area contributed by atoms with Crippen molar-refractivity contribution in [3.05, 3.63) is 40.7 Å². The summed E-state index contributed by atoms with van der Waals surface area (Å²) >= 11 is 0. The predicted octanol–water partition coefficient (Wildman–Crippen LogP) is 1.39. The van der Waals surface area contributed by atoms with E-state index < -0.39 is 4.92 Å².